The number of nitrogens with one attached hydrogen (secondary N) is 1. The Hall–Kier alpha value is -2.94. The maximum atomic E-state index is 12.6. The van der Waals surface area contributed by atoms with Crippen LogP contribution in [0.3, 0.4) is 0 Å². The number of pyridine rings is 1. The van der Waals surface area contributed by atoms with Gasteiger partial charge in [-0.15, -0.1) is 0 Å². The summed E-state index contributed by atoms with van der Waals surface area (Å²) in [7, 11) is -3.78. The second-order valence-corrected chi connectivity index (χ2v) is 7.98. The molecule has 1 aliphatic heterocycles. The average Bonchev–Trinajstić information content (AvgIpc) is 2.68. The standard InChI is InChI=1S/C18H19N3O5S/c22-17(21-11-1-2-14(12-21)18(23)24)13-3-5-16(6-4-13)27(25,26)20-15-7-9-19-10-8-15/h3-10,14H,1-2,11-12H2,(H,19,20)(H,23,24). The molecule has 9 heteroatoms. The molecule has 0 saturated carbocycles. The Morgan fingerprint density at radius 1 is 1.11 bits per heavy atom. The third kappa shape index (κ3) is 4.43. The van der Waals surface area contributed by atoms with Gasteiger partial charge in [-0.3, -0.25) is 19.3 Å². The Kier molecular flexibility index (Phi) is 5.41. The van der Waals surface area contributed by atoms with Gasteiger partial charge in [-0.05, 0) is 49.2 Å². The van der Waals surface area contributed by atoms with Crippen molar-refractivity contribution in [2.24, 2.45) is 5.92 Å². The summed E-state index contributed by atoms with van der Waals surface area (Å²) in [6, 6.07) is 8.65. The van der Waals surface area contributed by atoms with Crippen LogP contribution in [-0.4, -0.2) is 48.4 Å². The molecule has 142 valence electrons. The van der Waals surface area contributed by atoms with Crippen LogP contribution in [0.15, 0.2) is 53.7 Å². The van der Waals surface area contributed by atoms with Crippen LogP contribution in [0.25, 0.3) is 0 Å². The van der Waals surface area contributed by atoms with Gasteiger partial charge in [-0.2, -0.15) is 0 Å². The lowest BCUT2D eigenvalue weighted by Crippen LogP contribution is -2.42. The number of rotatable bonds is 5. The van der Waals surface area contributed by atoms with Gasteiger partial charge in [0.05, 0.1) is 16.5 Å². The van der Waals surface area contributed by atoms with Crippen LogP contribution in [-0.2, 0) is 14.8 Å². The fourth-order valence-corrected chi connectivity index (χ4v) is 4.02. The first-order valence-electron chi connectivity index (χ1n) is 8.42. The maximum absolute atomic E-state index is 12.6. The minimum atomic E-state index is -3.78. The SMILES string of the molecule is O=C(O)C1CCCN(C(=O)c2ccc(S(=O)(=O)Nc3ccncc3)cc2)C1. The van der Waals surface area contributed by atoms with E-state index in [9.17, 15) is 18.0 Å². The Balaban J connectivity index is 1.73. The van der Waals surface area contributed by atoms with Crippen LogP contribution < -0.4 is 4.72 Å². The van der Waals surface area contributed by atoms with Crippen molar-refractivity contribution in [3.63, 3.8) is 0 Å². The molecule has 0 radical (unpaired) electrons. The lowest BCUT2D eigenvalue weighted by Gasteiger charge is -2.30. The zero-order valence-electron chi connectivity index (χ0n) is 14.4. The van der Waals surface area contributed by atoms with E-state index in [-0.39, 0.29) is 17.3 Å². The van der Waals surface area contributed by atoms with Crippen molar-refractivity contribution in [3.05, 3.63) is 54.4 Å². The summed E-state index contributed by atoms with van der Waals surface area (Å²) >= 11 is 0. The van der Waals surface area contributed by atoms with E-state index < -0.39 is 21.9 Å². The van der Waals surface area contributed by atoms with Gasteiger partial charge in [-0.25, -0.2) is 8.42 Å². The number of nitrogens with zero attached hydrogens (tertiary/aromatic N) is 2. The number of likely N-dealkylation sites (tertiary alicyclic amines) is 1. The van der Waals surface area contributed by atoms with Crippen molar-refractivity contribution >= 4 is 27.6 Å². The van der Waals surface area contributed by atoms with Crippen LogP contribution in [0.2, 0.25) is 0 Å². The van der Waals surface area contributed by atoms with Crippen LogP contribution in [0, 0.1) is 5.92 Å². The molecule has 0 bridgehead atoms. The van der Waals surface area contributed by atoms with Gasteiger partial charge in [0.15, 0.2) is 0 Å². The second kappa shape index (κ2) is 7.75. The van der Waals surface area contributed by atoms with E-state index in [0.717, 1.165) is 0 Å². The molecule has 3 rings (SSSR count). The number of hydrogen-bond acceptors (Lipinski definition) is 5. The molecule has 1 aromatic carbocycles. The molecule has 0 aliphatic carbocycles. The normalized spacial score (nSPS) is 17.3. The first-order chi connectivity index (χ1) is 12.9. The highest BCUT2D eigenvalue weighted by molar-refractivity contribution is 7.92. The summed E-state index contributed by atoms with van der Waals surface area (Å²) in [5, 5.41) is 9.14. The van der Waals surface area contributed by atoms with Crippen LogP contribution in [0.1, 0.15) is 23.2 Å². The number of carboxylic acids is 1. The number of aliphatic carboxylic acids is 1. The van der Waals surface area contributed by atoms with Crippen molar-refractivity contribution in [1.29, 1.82) is 0 Å². The van der Waals surface area contributed by atoms with Crippen LogP contribution >= 0.6 is 0 Å². The minimum absolute atomic E-state index is 0.0259. The Labute approximate surface area is 156 Å². The summed E-state index contributed by atoms with van der Waals surface area (Å²) in [5.74, 6) is -1.77. The molecule has 1 atom stereocenters. The monoisotopic (exact) mass is 389 g/mol. The fourth-order valence-electron chi connectivity index (χ4n) is 2.96. The molecule has 2 N–H and O–H groups in total. The number of hydrogen-bond donors (Lipinski definition) is 2. The van der Waals surface area contributed by atoms with Crippen molar-refractivity contribution in [3.8, 4) is 0 Å². The lowest BCUT2D eigenvalue weighted by molar-refractivity contribution is -0.143. The summed E-state index contributed by atoms with van der Waals surface area (Å²) in [4.78, 5) is 29.1. The van der Waals surface area contributed by atoms with Gasteiger partial charge in [0, 0.05) is 31.0 Å². The zero-order chi connectivity index (χ0) is 19.4. The molecule has 1 fully saturated rings. The predicted octanol–water partition coefficient (Wildman–Crippen LogP) is 1.82. The van der Waals surface area contributed by atoms with E-state index in [1.54, 1.807) is 0 Å². The smallest absolute Gasteiger partial charge is 0.308 e. The van der Waals surface area contributed by atoms with E-state index in [2.05, 4.69) is 9.71 Å². The quantitative estimate of drug-likeness (QED) is 0.806. The molecule has 1 amide bonds. The predicted molar refractivity (Wildman–Crippen MR) is 97.8 cm³/mol. The van der Waals surface area contributed by atoms with Gasteiger partial charge in [0.2, 0.25) is 0 Å². The van der Waals surface area contributed by atoms with Crippen molar-refractivity contribution in [2.45, 2.75) is 17.7 Å². The van der Waals surface area contributed by atoms with E-state index in [1.165, 1.54) is 53.7 Å². The van der Waals surface area contributed by atoms with Crippen molar-refractivity contribution in [2.75, 3.05) is 17.8 Å². The summed E-state index contributed by atoms with van der Waals surface area (Å²) in [6.45, 7) is 0.657. The lowest BCUT2D eigenvalue weighted by atomic mass is 9.97. The molecular weight excluding hydrogens is 370 g/mol. The number of anilines is 1. The van der Waals surface area contributed by atoms with E-state index >= 15 is 0 Å². The number of carbonyl (C=O) groups excluding carboxylic acids is 1. The first-order valence-corrected chi connectivity index (χ1v) is 9.90. The molecule has 2 aromatic rings. The van der Waals surface area contributed by atoms with Gasteiger partial charge in [-0.1, -0.05) is 0 Å². The van der Waals surface area contributed by atoms with Gasteiger partial charge in [0.25, 0.3) is 15.9 Å². The molecule has 8 nitrogen and oxygen atoms in total. The molecule has 27 heavy (non-hydrogen) atoms. The third-order valence-corrected chi connectivity index (χ3v) is 5.80. The van der Waals surface area contributed by atoms with Gasteiger partial charge in [0.1, 0.15) is 0 Å². The minimum Gasteiger partial charge on any atom is -0.481 e. The molecule has 1 saturated heterocycles. The maximum Gasteiger partial charge on any atom is 0.308 e. The molecular formula is C18H19N3O5S. The number of benzene rings is 1. The topological polar surface area (TPSA) is 117 Å². The highest BCUT2D eigenvalue weighted by Crippen LogP contribution is 2.20. The Morgan fingerprint density at radius 2 is 1.78 bits per heavy atom. The number of amides is 1. The van der Waals surface area contributed by atoms with Crippen LogP contribution in [0.5, 0.6) is 0 Å². The number of carbonyl (C=O) groups is 2. The van der Waals surface area contributed by atoms with Gasteiger partial charge >= 0.3 is 5.97 Å². The van der Waals surface area contributed by atoms with E-state index in [1.807, 2.05) is 0 Å². The van der Waals surface area contributed by atoms with Crippen molar-refractivity contribution in [1.82, 2.24) is 9.88 Å². The number of piperidine rings is 1. The van der Waals surface area contributed by atoms with E-state index in [4.69, 9.17) is 5.11 Å². The molecule has 0 spiro atoms. The van der Waals surface area contributed by atoms with Crippen LogP contribution in [0.4, 0.5) is 5.69 Å². The Bertz CT molecular complexity index is 929. The highest BCUT2D eigenvalue weighted by atomic mass is 32.2. The number of carboxylic acid groups (broad SMARTS) is 1. The molecule has 1 unspecified atom stereocenters. The highest BCUT2D eigenvalue weighted by Gasteiger charge is 2.28. The summed E-state index contributed by atoms with van der Waals surface area (Å²) in [6.07, 6.45) is 4.13. The van der Waals surface area contributed by atoms with E-state index in [0.29, 0.717) is 30.6 Å². The van der Waals surface area contributed by atoms with Crippen molar-refractivity contribution < 1.29 is 23.1 Å². The second-order valence-electron chi connectivity index (χ2n) is 6.29. The number of aromatic nitrogens is 1. The molecule has 2 heterocycles. The largest absolute Gasteiger partial charge is 0.481 e. The Morgan fingerprint density at radius 3 is 2.41 bits per heavy atom. The molecule has 1 aliphatic rings. The summed E-state index contributed by atoms with van der Waals surface area (Å²) < 4.78 is 27.3. The summed E-state index contributed by atoms with van der Waals surface area (Å²) in [5.41, 5.74) is 0.710. The first kappa shape index (κ1) is 18.8. The third-order valence-electron chi connectivity index (χ3n) is 4.40. The zero-order valence-corrected chi connectivity index (χ0v) is 15.2. The van der Waals surface area contributed by atoms with Gasteiger partial charge < -0.3 is 10.0 Å². The molecule has 1 aromatic heterocycles. The number of sulfonamides is 1. The fraction of sp³-hybridized carbons (Fsp3) is 0.278. The average molecular weight is 389 g/mol.